The van der Waals surface area contributed by atoms with E-state index in [4.69, 9.17) is 0 Å². The van der Waals surface area contributed by atoms with Gasteiger partial charge in [0.15, 0.2) is 0 Å². The van der Waals surface area contributed by atoms with E-state index < -0.39 is 0 Å². The molecule has 0 atom stereocenters. The Kier molecular flexibility index (Phi) is 2.83. The average Bonchev–Trinajstić information content (AvgIpc) is 2.53. The first kappa shape index (κ1) is 11.0. The Morgan fingerprint density at radius 2 is 2.12 bits per heavy atom. The van der Waals surface area contributed by atoms with Crippen molar-refractivity contribution in [1.29, 1.82) is 0 Å². The number of aromatic nitrogens is 2. The lowest BCUT2D eigenvalue weighted by atomic mass is 10.2. The van der Waals surface area contributed by atoms with Crippen molar-refractivity contribution in [2.24, 2.45) is 0 Å². The van der Waals surface area contributed by atoms with Crippen LogP contribution in [0.2, 0.25) is 0 Å². The predicted octanol–water partition coefficient (Wildman–Crippen LogP) is 1.20. The van der Waals surface area contributed by atoms with Crippen LogP contribution >= 0.6 is 0 Å². The minimum absolute atomic E-state index is 0.0221. The molecule has 1 heterocycles. The van der Waals surface area contributed by atoms with Gasteiger partial charge in [-0.2, -0.15) is 0 Å². The maximum Gasteiger partial charge on any atom is 0.326 e. The molecule has 0 fully saturated rings. The van der Waals surface area contributed by atoms with Crippen LogP contribution in [0.15, 0.2) is 23.0 Å². The highest BCUT2D eigenvalue weighted by molar-refractivity contribution is 5.78. The molecule has 4 nitrogen and oxygen atoms in total. The molecule has 16 heavy (non-hydrogen) atoms. The van der Waals surface area contributed by atoms with Crippen LogP contribution in [0.3, 0.4) is 0 Å². The van der Waals surface area contributed by atoms with Gasteiger partial charge in [0.05, 0.1) is 11.0 Å². The lowest BCUT2D eigenvalue weighted by Crippen LogP contribution is -2.24. The normalized spacial score (nSPS) is 11.5. The van der Waals surface area contributed by atoms with Crippen LogP contribution in [0.25, 0.3) is 11.0 Å². The van der Waals surface area contributed by atoms with Gasteiger partial charge in [-0.1, -0.05) is 12.1 Å². The molecular formula is C12H17N3O. The van der Waals surface area contributed by atoms with Crippen LogP contribution in [-0.4, -0.2) is 35.1 Å². The number of fused-ring (bicyclic) bond motifs is 1. The molecule has 1 N–H and O–H groups in total. The van der Waals surface area contributed by atoms with E-state index in [1.54, 1.807) is 4.57 Å². The number of nitrogens with zero attached hydrogens (tertiary/aromatic N) is 2. The number of benzene rings is 1. The van der Waals surface area contributed by atoms with Crippen molar-refractivity contribution in [2.45, 2.75) is 13.5 Å². The molecule has 0 saturated carbocycles. The van der Waals surface area contributed by atoms with E-state index in [9.17, 15) is 4.79 Å². The summed E-state index contributed by atoms with van der Waals surface area (Å²) in [6.07, 6.45) is 0. The quantitative estimate of drug-likeness (QED) is 0.842. The Labute approximate surface area is 94.5 Å². The summed E-state index contributed by atoms with van der Waals surface area (Å²) >= 11 is 0. The molecule has 0 aliphatic carbocycles. The summed E-state index contributed by atoms with van der Waals surface area (Å²) < 4.78 is 1.79. The number of nitrogens with one attached hydrogen (secondary N) is 1. The van der Waals surface area contributed by atoms with Gasteiger partial charge in [-0.25, -0.2) is 4.79 Å². The van der Waals surface area contributed by atoms with Crippen molar-refractivity contribution >= 4 is 11.0 Å². The third-order valence-corrected chi connectivity index (χ3v) is 2.79. The molecule has 1 aromatic heterocycles. The number of likely N-dealkylation sites (N-methyl/N-ethyl adjacent to an activating group) is 1. The minimum atomic E-state index is -0.0221. The first-order valence-corrected chi connectivity index (χ1v) is 5.42. The lowest BCUT2D eigenvalue weighted by Gasteiger charge is -2.09. The summed E-state index contributed by atoms with van der Waals surface area (Å²) in [5.41, 5.74) is 3.03. The summed E-state index contributed by atoms with van der Waals surface area (Å²) in [5.74, 6) is 0. The highest BCUT2D eigenvalue weighted by Gasteiger charge is 2.07. The third-order valence-electron chi connectivity index (χ3n) is 2.79. The topological polar surface area (TPSA) is 41.0 Å². The minimum Gasteiger partial charge on any atom is -0.308 e. The van der Waals surface area contributed by atoms with Crippen LogP contribution in [0, 0.1) is 6.92 Å². The van der Waals surface area contributed by atoms with E-state index in [1.807, 2.05) is 39.2 Å². The zero-order valence-electron chi connectivity index (χ0n) is 9.95. The van der Waals surface area contributed by atoms with Gasteiger partial charge in [0.1, 0.15) is 0 Å². The third kappa shape index (κ3) is 1.88. The van der Waals surface area contributed by atoms with Crippen molar-refractivity contribution in [3.8, 4) is 0 Å². The van der Waals surface area contributed by atoms with Crippen LogP contribution in [0.1, 0.15) is 5.56 Å². The van der Waals surface area contributed by atoms with Gasteiger partial charge in [0.25, 0.3) is 0 Å². The molecule has 0 unspecified atom stereocenters. The smallest absolute Gasteiger partial charge is 0.308 e. The molecule has 0 aliphatic heterocycles. The number of rotatable bonds is 3. The Balaban J connectivity index is 2.48. The molecule has 2 rings (SSSR count). The number of H-pyrrole nitrogens is 1. The van der Waals surface area contributed by atoms with Crippen molar-refractivity contribution in [2.75, 3.05) is 20.6 Å². The number of hydrogen-bond acceptors (Lipinski definition) is 2. The van der Waals surface area contributed by atoms with E-state index in [-0.39, 0.29) is 5.69 Å². The summed E-state index contributed by atoms with van der Waals surface area (Å²) in [7, 11) is 4.01. The second kappa shape index (κ2) is 4.14. The highest BCUT2D eigenvalue weighted by atomic mass is 16.1. The molecule has 0 radical (unpaired) electrons. The number of aryl methyl sites for hydroxylation is 1. The number of hydrogen-bond donors (Lipinski definition) is 1. The maximum absolute atomic E-state index is 11.8. The first-order valence-electron chi connectivity index (χ1n) is 5.42. The molecule has 0 amide bonds. The molecular weight excluding hydrogens is 202 g/mol. The fourth-order valence-corrected chi connectivity index (χ4v) is 1.85. The molecule has 1 aromatic carbocycles. The summed E-state index contributed by atoms with van der Waals surface area (Å²) in [5, 5.41) is 0. The fourth-order valence-electron chi connectivity index (χ4n) is 1.85. The van der Waals surface area contributed by atoms with Gasteiger partial charge in [0.2, 0.25) is 0 Å². The van der Waals surface area contributed by atoms with E-state index >= 15 is 0 Å². The van der Waals surface area contributed by atoms with Crippen LogP contribution in [0.5, 0.6) is 0 Å². The Morgan fingerprint density at radius 1 is 1.38 bits per heavy atom. The van der Waals surface area contributed by atoms with Gasteiger partial charge in [-0.3, -0.25) is 4.57 Å². The van der Waals surface area contributed by atoms with E-state index in [0.29, 0.717) is 0 Å². The summed E-state index contributed by atoms with van der Waals surface area (Å²) in [6, 6.07) is 5.97. The molecule has 0 aliphatic rings. The van der Waals surface area contributed by atoms with Crippen molar-refractivity contribution in [1.82, 2.24) is 14.5 Å². The summed E-state index contributed by atoms with van der Waals surface area (Å²) in [4.78, 5) is 16.8. The molecule has 0 saturated heterocycles. The monoisotopic (exact) mass is 219 g/mol. The predicted molar refractivity (Wildman–Crippen MR) is 65.8 cm³/mol. The Hall–Kier alpha value is -1.55. The maximum atomic E-state index is 11.8. The number of para-hydroxylation sites is 1. The van der Waals surface area contributed by atoms with Gasteiger partial charge in [0, 0.05) is 13.1 Å². The largest absolute Gasteiger partial charge is 0.326 e. The Bertz CT molecular complexity index is 551. The van der Waals surface area contributed by atoms with Crippen LogP contribution < -0.4 is 5.69 Å². The average molecular weight is 219 g/mol. The van der Waals surface area contributed by atoms with Gasteiger partial charge >= 0.3 is 5.69 Å². The fraction of sp³-hybridized carbons (Fsp3) is 0.417. The van der Waals surface area contributed by atoms with Crippen molar-refractivity contribution in [3.05, 3.63) is 34.2 Å². The van der Waals surface area contributed by atoms with Gasteiger partial charge < -0.3 is 9.88 Å². The second-order valence-electron chi connectivity index (χ2n) is 4.35. The number of aromatic amines is 1. The first-order chi connectivity index (χ1) is 7.59. The molecule has 0 bridgehead atoms. The van der Waals surface area contributed by atoms with E-state index in [1.165, 1.54) is 0 Å². The lowest BCUT2D eigenvalue weighted by molar-refractivity contribution is 0.384. The zero-order valence-corrected chi connectivity index (χ0v) is 9.95. The highest BCUT2D eigenvalue weighted by Crippen LogP contribution is 2.13. The van der Waals surface area contributed by atoms with E-state index in [2.05, 4.69) is 9.88 Å². The Morgan fingerprint density at radius 3 is 2.81 bits per heavy atom. The van der Waals surface area contributed by atoms with Gasteiger partial charge in [-0.15, -0.1) is 0 Å². The molecule has 0 spiro atoms. The van der Waals surface area contributed by atoms with Crippen molar-refractivity contribution in [3.63, 3.8) is 0 Å². The SMILES string of the molecule is Cc1cccc2c1[nH]c(=O)n2CCN(C)C. The molecule has 4 heteroatoms. The molecule has 2 aromatic rings. The van der Waals surface area contributed by atoms with E-state index in [0.717, 1.165) is 29.7 Å². The second-order valence-corrected chi connectivity index (χ2v) is 4.35. The summed E-state index contributed by atoms with van der Waals surface area (Å²) in [6.45, 7) is 3.59. The molecule has 86 valence electrons. The zero-order chi connectivity index (χ0) is 11.7. The van der Waals surface area contributed by atoms with Crippen LogP contribution in [0.4, 0.5) is 0 Å². The number of imidazole rings is 1. The van der Waals surface area contributed by atoms with Crippen LogP contribution in [-0.2, 0) is 6.54 Å². The van der Waals surface area contributed by atoms with Gasteiger partial charge in [-0.05, 0) is 32.6 Å². The standard InChI is InChI=1S/C12H17N3O/c1-9-5-4-6-10-11(9)13-12(16)15(10)8-7-14(2)3/h4-6H,7-8H2,1-3H3,(H,13,16). The van der Waals surface area contributed by atoms with Crippen molar-refractivity contribution < 1.29 is 0 Å².